The molecule has 0 saturated carbocycles. The fourth-order valence-electron chi connectivity index (χ4n) is 1.30. The van der Waals surface area contributed by atoms with Crippen molar-refractivity contribution in [3.63, 3.8) is 0 Å². The average molecular weight is 226 g/mol. The van der Waals surface area contributed by atoms with Gasteiger partial charge in [-0.05, 0) is 26.1 Å². The van der Waals surface area contributed by atoms with Gasteiger partial charge in [-0.1, -0.05) is 0 Å². The molecule has 6 heteroatoms. The molecule has 0 radical (unpaired) electrons. The molecule has 0 aliphatic carbocycles. The van der Waals surface area contributed by atoms with E-state index in [4.69, 9.17) is 12.2 Å². The summed E-state index contributed by atoms with van der Waals surface area (Å²) in [7, 11) is 0. The van der Waals surface area contributed by atoms with Crippen LogP contribution >= 0.6 is 23.6 Å². The molecule has 1 N–H and O–H groups in total. The van der Waals surface area contributed by atoms with Crippen LogP contribution in [-0.4, -0.2) is 19.7 Å². The van der Waals surface area contributed by atoms with Gasteiger partial charge >= 0.3 is 0 Å². The van der Waals surface area contributed by atoms with Gasteiger partial charge in [0.25, 0.3) is 0 Å². The molecule has 74 valence electrons. The molecule has 4 nitrogen and oxygen atoms in total. The molecule has 0 saturated heterocycles. The number of nitrogens with one attached hydrogen (secondary N) is 1. The van der Waals surface area contributed by atoms with Gasteiger partial charge in [0.2, 0.25) is 0 Å². The molecule has 0 spiro atoms. The SMILES string of the molecule is CCn1c(-c2scnc2C)n[nH]c1=S. The molecule has 0 aliphatic heterocycles. The van der Waals surface area contributed by atoms with Crippen LogP contribution in [0.15, 0.2) is 5.51 Å². The summed E-state index contributed by atoms with van der Waals surface area (Å²) in [6.07, 6.45) is 0. The average Bonchev–Trinajstić information content (AvgIpc) is 2.71. The number of rotatable bonds is 2. The Balaban J connectivity index is 2.63. The molecule has 0 fully saturated rings. The lowest BCUT2D eigenvalue weighted by atomic mass is 10.4. The number of H-pyrrole nitrogens is 1. The number of hydrogen-bond acceptors (Lipinski definition) is 4. The maximum atomic E-state index is 5.12. The van der Waals surface area contributed by atoms with Crippen molar-refractivity contribution >= 4 is 23.6 Å². The Bertz CT molecular complexity index is 493. The van der Waals surface area contributed by atoms with Crippen LogP contribution in [0.2, 0.25) is 0 Å². The summed E-state index contributed by atoms with van der Waals surface area (Å²) in [5.74, 6) is 0.887. The molecule has 2 aromatic heterocycles. The van der Waals surface area contributed by atoms with Crippen LogP contribution in [0, 0.1) is 11.7 Å². The minimum Gasteiger partial charge on any atom is -0.300 e. The Morgan fingerprint density at radius 2 is 2.43 bits per heavy atom. The summed E-state index contributed by atoms with van der Waals surface area (Å²) in [4.78, 5) is 5.28. The lowest BCUT2D eigenvalue weighted by molar-refractivity contribution is 0.756. The molecular weight excluding hydrogens is 216 g/mol. The summed E-state index contributed by atoms with van der Waals surface area (Å²) >= 11 is 6.70. The van der Waals surface area contributed by atoms with Crippen molar-refractivity contribution in [3.05, 3.63) is 16.0 Å². The Hall–Kier alpha value is -1.01. The summed E-state index contributed by atoms with van der Waals surface area (Å²) < 4.78 is 2.63. The van der Waals surface area contributed by atoms with Gasteiger partial charge in [-0.2, -0.15) is 5.10 Å². The maximum Gasteiger partial charge on any atom is 0.195 e. The molecule has 2 rings (SSSR count). The summed E-state index contributed by atoms with van der Waals surface area (Å²) in [6.45, 7) is 4.84. The minimum absolute atomic E-state index is 0.662. The molecule has 14 heavy (non-hydrogen) atoms. The molecule has 0 unspecified atom stereocenters. The molecule has 2 heterocycles. The first-order valence-corrected chi connectivity index (χ1v) is 5.58. The fraction of sp³-hybridized carbons (Fsp3) is 0.375. The number of hydrogen-bond donors (Lipinski definition) is 1. The van der Waals surface area contributed by atoms with Crippen molar-refractivity contribution < 1.29 is 0 Å². The highest BCUT2D eigenvalue weighted by Crippen LogP contribution is 2.25. The molecule has 0 aliphatic rings. The van der Waals surface area contributed by atoms with Gasteiger partial charge in [0.15, 0.2) is 10.6 Å². The maximum absolute atomic E-state index is 5.12. The van der Waals surface area contributed by atoms with Crippen LogP contribution in [0.5, 0.6) is 0 Å². The largest absolute Gasteiger partial charge is 0.300 e. The highest BCUT2D eigenvalue weighted by molar-refractivity contribution is 7.71. The quantitative estimate of drug-likeness (QED) is 0.800. The first-order chi connectivity index (χ1) is 6.74. The van der Waals surface area contributed by atoms with Crippen molar-refractivity contribution in [2.24, 2.45) is 0 Å². The van der Waals surface area contributed by atoms with E-state index in [1.807, 2.05) is 23.9 Å². The van der Waals surface area contributed by atoms with E-state index in [1.54, 1.807) is 11.3 Å². The monoisotopic (exact) mass is 226 g/mol. The molecule has 0 amide bonds. The topological polar surface area (TPSA) is 46.5 Å². The second-order valence-corrected chi connectivity index (χ2v) is 4.10. The van der Waals surface area contributed by atoms with Gasteiger partial charge in [-0.25, -0.2) is 4.98 Å². The predicted octanol–water partition coefficient (Wildman–Crippen LogP) is 2.39. The van der Waals surface area contributed by atoms with E-state index in [-0.39, 0.29) is 0 Å². The van der Waals surface area contributed by atoms with Crippen molar-refractivity contribution in [1.82, 2.24) is 19.7 Å². The standard InChI is InChI=1S/C8H10N4S2/c1-3-12-7(10-11-8(12)13)6-5(2)9-4-14-6/h4H,3H2,1-2H3,(H,11,13). The second-order valence-electron chi connectivity index (χ2n) is 2.86. The van der Waals surface area contributed by atoms with Crippen molar-refractivity contribution in [1.29, 1.82) is 0 Å². The third kappa shape index (κ3) is 1.40. The highest BCUT2D eigenvalue weighted by atomic mass is 32.1. The normalized spacial score (nSPS) is 10.7. The minimum atomic E-state index is 0.662. The Morgan fingerprint density at radius 3 is 3.00 bits per heavy atom. The number of aromatic nitrogens is 4. The van der Waals surface area contributed by atoms with Crippen LogP contribution in [-0.2, 0) is 6.54 Å². The molecule has 2 aromatic rings. The van der Waals surface area contributed by atoms with Gasteiger partial charge < -0.3 is 0 Å². The Labute approximate surface area is 90.6 Å². The first kappa shape index (κ1) is 9.54. The molecule has 0 atom stereocenters. The summed E-state index contributed by atoms with van der Waals surface area (Å²) in [5, 5.41) is 7.00. The van der Waals surface area contributed by atoms with Crippen LogP contribution in [0.4, 0.5) is 0 Å². The predicted molar refractivity (Wildman–Crippen MR) is 58.9 cm³/mol. The first-order valence-electron chi connectivity index (χ1n) is 4.29. The van der Waals surface area contributed by atoms with Gasteiger partial charge in [0.1, 0.15) is 0 Å². The van der Waals surface area contributed by atoms with Gasteiger partial charge in [0, 0.05) is 6.54 Å². The zero-order valence-electron chi connectivity index (χ0n) is 7.94. The van der Waals surface area contributed by atoms with Crippen molar-refractivity contribution in [2.45, 2.75) is 20.4 Å². The van der Waals surface area contributed by atoms with Crippen molar-refractivity contribution in [2.75, 3.05) is 0 Å². The van der Waals surface area contributed by atoms with E-state index in [0.29, 0.717) is 4.77 Å². The summed E-state index contributed by atoms with van der Waals surface area (Å²) in [6, 6.07) is 0. The van der Waals surface area contributed by atoms with Gasteiger partial charge in [-0.3, -0.25) is 9.67 Å². The van der Waals surface area contributed by atoms with E-state index in [1.165, 1.54) is 0 Å². The van der Waals surface area contributed by atoms with Crippen LogP contribution in [0.1, 0.15) is 12.6 Å². The van der Waals surface area contributed by atoms with E-state index in [2.05, 4.69) is 15.2 Å². The van der Waals surface area contributed by atoms with E-state index in [0.717, 1.165) is 22.9 Å². The zero-order chi connectivity index (χ0) is 10.1. The number of nitrogens with zero attached hydrogens (tertiary/aromatic N) is 3. The Morgan fingerprint density at radius 1 is 1.64 bits per heavy atom. The molecule has 0 aromatic carbocycles. The number of aromatic amines is 1. The third-order valence-corrected chi connectivity index (χ3v) is 3.26. The lowest BCUT2D eigenvalue weighted by Gasteiger charge is -2.00. The summed E-state index contributed by atoms with van der Waals surface area (Å²) in [5.41, 5.74) is 2.82. The molecular formula is C8H10N4S2. The number of thiazole rings is 1. The van der Waals surface area contributed by atoms with Crippen LogP contribution < -0.4 is 0 Å². The second kappa shape index (κ2) is 3.62. The van der Waals surface area contributed by atoms with Crippen LogP contribution in [0.3, 0.4) is 0 Å². The zero-order valence-corrected chi connectivity index (χ0v) is 9.58. The molecule has 0 bridgehead atoms. The van der Waals surface area contributed by atoms with E-state index in [9.17, 15) is 0 Å². The number of aryl methyl sites for hydroxylation is 1. The van der Waals surface area contributed by atoms with Gasteiger partial charge in [0.05, 0.1) is 16.1 Å². The fourth-order valence-corrected chi connectivity index (χ4v) is 2.36. The smallest absolute Gasteiger partial charge is 0.195 e. The van der Waals surface area contributed by atoms with Crippen molar-refractivity contribution in [3.8, 4) is 10.7 Å². The highest BCUT2D eigenvalue weighted by Gasteiger charge is 2.11. The van der Waals surface area contributed by atoms with E-state index >= 15 is 0 Å². The lowest BCUT2D eigenvalue weighted by Crippen LogP contribution is -1.97. The third-order valence-electron chi connectivity index (χ3n) is 2.02. The van der Waals surface area contributed by atoms with Gasteiger partial charge in [-0.15, -0.1) is 11.3 Å². The Kier molecular flexibility index (Phi) is 2.47. The van der Waals surface area contributed by atoms with E-state index < -0.39 is 0 Å². The van der Waals surface area contributed by atoms with Crippen LogP contribution in [0.25, 0.3) is 10.7 Å².